The quantitative estimate of drug-likeness (QED) is 0.477. The molecule has 10 heteroatoms. The second-order valence-corrected chi connectivity index (χ2v) is 10.3. The van der Waals surface area contributed by atoms with Crippen molar-refractivity contribution < 1.29 is 9.37 Å². The first-order valence-electron chi connectivity index (χ1n) is 12.0. The SMILES string of the molecule is CCN(CC)c1nc(NC(C)=O)c(C2=NC(=[N+](CC)CC)SC2=Nc2ccc(N(C)C)cc2C)s1. The molecule has 1 aromatic carbocycles. The fraction of sp³-hybridized carbons (Fsp3) is 0.480. The second-order valence-electron chi connectivity index (χ2n) is 8.33. The Balaban J connectivity index is 2.19. The van der Waals surface area contributed by atoms with E-state index in [1.54, 1.807) is 23.1 Å². The third kappa shape index (κ3) is 6.10. The topological polar surface area (TPSA) is 76.2 Å². The molecule has 0 spiro atoms. The van der Waals surface area contributed by atoms with Gasteiger partial charge in [-0.25, -0.2) is 9.98 Å². The molecule has 1 N–H and O–H groups in total. The molecule has 8 nitrogen and oxygen atoms in total. The highest BCUT2D eigenvalue weighted by Crippen LogP contribution is 2.36. The van der Waals surface area contributed by atoms with Crippen LogP contribution in [0, 0.1) is 6.92 Å². The van der Waals surface area contributed by atoms with Gasteiger partial charge in [0.1, 0.15) is 4.88 Å². The summed E-state index contributed by atoms with van der Waals surface area (Å²) in [5.74, 6) is 0.382. The molecule has 1 aliphatic heterocycles. The standard InChI is InChI=1S/C25H35N7OS2/c1-9-31(10-2)24-28-20(21-22(26-17(6)33)29-25(34-21)32(11-3)12-4)23(35-24)27-19-14-13-18(30(7)8)15-16(19)5/h13-15H,9-12H2,1-8H3/p+1. The van der Waals surface area contributed by atoms with Crippen molar-refractivity contribution in [3.8, 4) is 0 Å². The van der Waals surface area contributed by atoms with E-state index < -0.39 is 0 Å². The summed E-state index contributed by atoms with van der Waals surface area (Å²) in [6.07, 6.45) is 0. The van der Waals surface area contributed by atoms with Crippen molar-refractivity contribution in [1.29, 1.82) is 0 Å². The zero-order valence-corrected chi connectivity index (χ0v) is 23.6. The molecule has 1 amide bonds. The lowest BCUT2D eigenvalue weighted by atomic mass is 10.1. The number of anilines is 3. The molecular weight excluding hydrogens is 478 g/mol. The van der Waals surface area contributed by atoms with Crippen molar-refractivity contribution in [1.82, 2.24) is 4.98 Å². The highest BCUT2D eigenvalue weighted by Gasteiger charge is 2.37. The second kappa shape index (κ2) is 11.8. The number of amidine groups is 1. The van der Waals surface area contributed by atoms with E-state index in [0.29, 0.717) is 5.82 Å². The van der Waals surface area contributed by atoms with E-state index in [-0.39, 0.29) is 5.91 Å². The molecule has 0 bridgehead atoms. The van der Waals surface area contributed by atoms with Crippen LogP contribution in [0.15, 0.2) is 28.2 Å². The third-order valence-corrected chi connectivity index (χ3v) is 7.84. The number of rotatable bonds is 9. The summed E-state index contributed by atoms with van der Waals surface area (Å²) in [5, 5.41) is 5.51. The first-order valence-corrected chi connectivity index (χ1v) is 13.6. The number of benzene rings is 1. The molecule has 0 fully saturated rings. The summed E-state index contributed by atoms with van der Waals surface area (Å²) < 4.78 is 2.22. The number of aryl methyl sites for hydroxylation is 1. The Morgan fingerprint density at radius 2 is 1.83 bits per heavy atom. The van der Waals surface area contributed by atoms with Gasteiger partial charge in [0.05, 0.1) is 18.8 Å². The van der Waals surface area contributed by atoms with Gasteiger partial charge in [0.2, 0.25) is 11.6 Å². The molecule has 1 aliphatic rings. The van der Waals surface area contributed by atoms with Crippen LogP contribution < -0.4 is 15.1 Å². The normalized spacial score (nSPS) is 14.3. The largest absolute Gasteiger partial charge is 0.378 e. The molecule has 2 heterocycles. The van der Waals surface area contributed by atoms with Gasteiger partial charge in [-0.3, -0.25) is 9.37 Å². The average molecular weight is 515 g/mol. The molecule has 3 rings (SSSR count). The van der Waals surface area contributed by atoms with Crippen molar-refractivity contribution in [2.75, 3.05) is 55.4 Å². The van der Waals surface area contributed by atoms with Gasteiger partial charge in [0, 0.05) is 51.6 Å². The third-order valence-electron chi connectivity index (χ3n) is 5.71. The Labute approximate surface area is 216 Å². The van der Waals surface area contributed by atoms with Gasteiger partial charge in [-0.1, -0.05) is 11.3 Å². The summed E-state index contributed by atoms with van der Waals surface area (Å²) >= 11 is 3.12. The number of carbonyl (C=O) groups excluding carboxylic acids is 1. The minimum Gasteiger partial charge on any atom is -0.378 e. The van der Waals surface area contributed by atoms with Crippen LogP contribution in [0.3, 0.4) is 0 Å². The Kier molecular flexibility index (Phi) is 9.07. The summed E-state index contributed by atoms with van der Waals surface area (Å²) in [7, 11) is 4.06. The minimum atomic E-state index is -0.157. The van der Waals surface area contributed by atoms with E-state index >= 15 is 0 Å². The van der Waals surface area contributed by atoms with Crippen molar-refractivity contribution in [3.63, 3.8) is 0 Å². The smallest absolute Gasteiger partial charge is 0.361 e. The van der Waals surface area contributed by atoms with Crippen LogP contribution in [-0.4, -0.2) is 71.7 Å². The zero-order chi connectivity index (χ0) is 25.7. The monoisotopic (exact) mass is 514 g/mol. The summed E-state index contributed by atoms with van der Waals surface area (Å²) in [5.41, 5.74) is 3.89. The molecule has 0 atom stereocenters. The van der Waals surface area contributed by atoms with E-state index in [4.69, 9.17) is 15.0 Å². The highest BCUT2D eigenvalue weighted by atomic mass is 32.2. The Morgan fingerprint density at radius 3 is 2.37 bits per heavy atom. The summed E-state index contributed by atoms with van der Waals surface area (Å²) in [6, 6.07) is 6.26. The predicted octanol–water partition coefficient (Wildman–Crippen LogP) is 5.00. The lowest BCUT2D eigenvalue weighted by molar-refractivity contribution is -0.518. The van der Waals surface area contributed by atoms with E-state index in [0.717, 1.165) is 69.0 Å². The van der Waals surface area contributed by atoms with Gasteiger partial charge in [-0.15, -0.1) is 0 Å². The van der Waals surface area contributed by atoms with Crippen LogP contribution in [0.25, 0.3) is 0 Å². The van der Waals surface area contributed by atoms with Gasteiger partial charge in [0.15, 0.2) is 16.0 Å². The molecule has 188 valence electrons. The van der Waals surface area contributed by atoms with Gasteiger partial charge in [-0.05, 0) is 63.4 Å². The van der Waals surface area contributed by atoms with Crippen LogP contribution in [0.2, 0.25) is 0 Å². The maximum atomic E-state index is 12.0. The number of nitrogens with one attached hydrogen (secondary N) is 1. The lowest BCUT2D eigenvalue weighted by Gasteiger charge is -2.16. The van der Waals surface area contributed by atoms with Crippen molar-refractivity contribution >= 4 is 67.3 Å². The molecule has 0 aliphatic carbocycles. The average Bonchev–Trinajstić information content (AvgIpc) is 3.40. The van der Waals surface area contributed by atoms with Gasteiger partial charge >= 0.3 is 5.17 Å². The number of hydrogen-bond donors (Lipinski definition) is 1. The lowest BCUT2D eigenvalue weighted by Crippen LogP contribution is -2.21. The van der Waals surface area contributed by atoms with E-state index in [1.165, 1.54) is 6.92 Å². The molecule has 2 aromatic rings. The Bertz CT molecular complexity index is 1170. The first kappa shape index (κ1) is 26.9. The number of amides is 1. The van der Waals surface area contributed by atoms with Crippen LogP contribution >= 0.6 is 23.1 Å². The number of nitrogens with zero attached hydrogens (tertiary/aromatic N) is 6. The minimum absolute atomic E-state index is 0.157. The molecule has 0 saturated heterocycles. The number of aliphatic imine (C=N–C) groups is 2. The zero-order valence-electron chi connectivity index (χ0n) is 22.0. The van der Waals surface area contributed by atoms with Gasteiger partial charge < -0.3 is 15.1 Å². The molecule has 0 unspecified atom stereocenters. The van der Waals surface area contributed by atoms with Crippen LogP contribution in [0.5, 0.6) is 0 Å². The number of thiazole rings is 1. The molecule has 0 radical (unpaired) electrons. The van der Waals surface area contributed by atoms with E-state index in [2.05, 4.69) is 66.4 Å². The first-order chi connectivity index (χ1) is 16.7. The Hall–Kier alpha value is -2.72. The fourth-order valence-electron chi connectivity index (χ4n) is 3.66. The van der Waals surface area contributed by atoms with E-state index in [1.807, 2.05) is 20.2 Å². The summed E-state index contributed by atoms with van der Waals surface area (Å²) in [4.78, 5) is 32.0. The highest BCUT2D eigenvalue weighted by molar-refractivity contribution is 8.28. The van der Waals surface area contributed by atoms with Crippen molar-refractivity contribution in [3.05, 3.63) is 28.6 Å². The van der Waals surface area contributed by atoms with Crippen molar-refractivity contribution in [2.45, 2.75) is 41.5 Å². The van der Waals surface area contributed by atoms with Gasteiger partial charge in [-0.2, -0.15) is 0 Å². The Morgan fingerprint density at radius 1 is 1.14 bits per heavy atom. The maximum absolute atomic E-state index is 12.0. The summed E-state index contributed by atoms with van der Waals surface area (Å²) in [6.45, 7) is 15.4. The molecule has 1 aromatic heterocycles. The van der Waals surface area contributed by atoms with Gasteiger partial charge in [0.25, 0.3) is 0 Å². The molecule has 0 saturated carbocycles. The van der Waals surface area contributed by atoms with Crippen molar-refractivity contribution in [2.24, 2.45) is 9.98 Å². The molecular formula is C25H36N7OS2+. The number of hydrogen-bond acceptors (Lipinski definition) is 7. The van der Waals surface area contributed by atoms with Crippen LogP contribution in [-0.2, 0) is 4.79 Å². The number of carbonyl (C=O) groups is 1. The van der Waals surface area contributed by atoms with E-state index in [9.17, 15) is 4.79 Å². The molecule has 35 heavy (non-hydrogen) atoms. The van der Waals surface area contributed by atoms with Crippen LogP contribution in [0.4, 0.5) is 22.3 Å². The maximum Gasteiger partial charge on any atom is 0.361 e. The predicted molar refractivity (Wildman–Crippen MR) is 153 cm³/mol. The number of thioether (sulfide) groups is 1. The fourth-order valence-corrected chi connectivity index (χ4v) is 5.95. The van der Waals surface area contributed by atoms with Crippen LogP contribution in [0.1, 0.15) is 45.1 Å². The number of aromatic nitrogens is 1.